The number of benzene rings is 3. The van der Waals surface area contributed by atoms with E-state index in [0.717, 1.165) is 18.6 Å². The number of hydrogen-bond acceptors (Lipinski definition) is 3. The normalized spacial score (nSPS) is 18.5. The maximum atomic E-state index is 14.9. The third kappa shape index (κ3) is 6.52. The zero-order valence-corrected chi connectivity index (χ0v) is 20.8. The van der Waals surface area contributed by atoms with Gasteiger partial charge in [0.15, 0.2) is 17.4 Å². The molecule has 1 aliphatic rings. The van der Waals surface area contributed by atoms with Crippen LogP contribution in [0.15, 0.2) is 36.4 Å². The molecule has 3 aromatic rings. The molecule has 222 valence electrons. The molecule has 1 fully saturated rings. The molecule has 14 heteroatoms. The van der Waals surface area contributed by atoms with Crippen LogP contribution in [0, 0.1) is 40.8 Å². The van der Waals surface area contributed by atoms with E-state index in [9.17, 15) is 48.3 Å². The first-order valence-corrected chi connectivity index (χ1v) is 11.9. The predicted molar refractivity (Wildman–Crippen MR) is 121 cm³/mol. The average Bonchev–Trinajstić information content (AvgIpc) is 2.85. The predicted octanol–water partition coefficient (Wildman–Crippen LogP) is 8.74. The first kappa shape index (κ1) is 30.4. The van der Waals surface area contributed by atoms with Gasteiger partial charge in [0.2, 0.25) is 0 Å². The molecule has 1 heterocycles. The lowest BCUT2D eigenvalue weighted by molar-refractivity contribution is -0.189. The summed E-state index contributed by atoms with van der Waals surface area (Å²) in [5, 5.41) is 0. The Balaban J connectivity index is 1.61. The largest absolute Gasteiger partial charge is 0.448 e. The van der Waals surface area contributed by atoms with Crippen LogP contribution in [-0.4, -0.2) is 19.4 Å². The second-order valence-corrected chi connectivity index (χ2v) is 9.32. The standard InChI is InChI=1S/C27H19F11O3/c1-11-2-3-21(39-10-11)12-4-15(28)22(16(29)5-12)13-6-17(30)23(18(31)7-13)27(37,38)41-14-8-19(32)24(20(33)9-14)40-26(36)25(34)35/h4-9,11,21,25-26H,2-3,10H2,1H3. The average molecular weight is 600 g/mol. The molecule has 0 aliphatic carbocycles. The second kappa shape index (κ2) is 11.7. The smallest absolute Gasteiger partial charge is 0.432 e. The van der Waals surface area contributed by atoms with Gasteiger partial charge in [-0.1, -0.05) is 6.92 Å². The summed E-state index contributed by atoms with van der Waals surface area (Å²) in [6.07, 6.45) is -11.6. The van der Waals surface area contributed by atoms with Gasteiger partial charge in [0, 0.05) is 18.7 Å². The van der Waals surface area contributed by atoms with E-state index in [-0.39, 0.29) is 35.7 Å². The zero-order valence-electron chi connectivity index (χ0n) is 20.8. The van der Waals surface area contributed by atoms with Crippen molar-refractivity contribution in [2.75, 3.05) is 6.61 Å². The lowest BCUT2D eigenvalue weighted by Gasteiger charge is -2.27. The van der Waals surface area contributed by atoms with E-state index in [1.165, 1.54) is 0 Å². The Bertz CT molecular complexity index is 1350. The molecule has 4 rings (SSSR count). The molecule has 3 nitrogen and oxygen atoms in total. The number of hydrogen-bond donors (Lipinski definition) is 0. The minimum absolute atomic E-state index is 0.0301. The Morgan fingerprint density at radius 3 is 1.83 bits per heavy atom. The summed E-state index contributed by atoms with van der Waals surface area (Å²) in [6.45, 7) is 2.29. The Kier molecular flexibility index (Phi) is 8.71. The highest BCUT2D eigenvalue weighted by atomic mass is 19.3. The number of alkyl halides is 5. The van der Waals surface area contributed by atoms with Gasteiger partial charge in [0.05, 0.1) is 11.7 Å². The molecule has 0 spiro atoms. The van der Waals surface area contributed by atoms with Crippen molar-refractivity contribution in [1.82, 2.24) is 0 Å². The Hall–Kier alpha value is -3.55. The number of ether oxygens (including phenoxy) is 3. The molecule has 0 saturated carbocycles. The third-order valence-electron chi connectivity index (χ3n) is 6.21. The maximum absolute atomic E-state index is 14.9. The van der Waals surface area contributed by atoms with E-state index in [0.29, 0.717) is 13.0 Å². The van der Waals surface area contributed by atoms with Gasteiger partial charge in [-0.15, -0.1) is 0 Å². The molecular weight excluding hydrogens is 581 g/mol. The summed E-state index contributed by atoms with van der Waals surface area (Å²) in [7, 11) is 0. The molecule has 3 atom stereocenters. The lowest BCUT2D eigenvalue weighted by atomic mass is 9.93. The SMILES string of the molecule is CC1CCC(c2cc(F)c(-c3cc(F)c(C(F)(F)Oc4cc(F)c(OC(F)C(F)F)c(F)c4)c(F)c3)c(F)c2)OC1. The van der Waals surface area contributed by atoms with E-state index in [1.807, 2.05) is 6.92 Å². The summed E-state index contributed by atoms with van der Waals surface area (Å²) >= 11 is 0. The van der Waals surface area contributed by atoms with Gasteiger partial charge in [-0.05, 0) is 54.2 Å². The first-order valence-electron chi connectivity index (χ1n) is 11.9. The van der Waals surface area contributed by atoms with E-state index >= 15 is 0 Å². The van der Waals surface area contributed by atoms with Crippen molar-refractivity contribution in [2.24, 2.45) is 5.92 Å². The minimum atomic E-state index is -4.96. The quantitative estimate of drug-likeness (QED) is 0.242. The molecule has 1 saturated heterocycles. The van der Waals surface area contributed by atoms with E-state index < -0.39 is 88.1 Å². The fourth-order valence-electron chi connectivity index (χ4n) is 4.27. The van der Waals surface area contributed by atoms with Crippen molar-refractivity contribution in [3.8, 4) is 22.6 Å². The Morgan fingerprint density at radius 1 is 0.780 bits per heavy atom. The molecule has 0 amide bonds. The van der Waals surface area contributed by atoms with E-state index in [1.54, 1.807) is 0 Å². The van der Waals surface area contributed by atoms with Crippen LogP contribution in [-0.2, 0) is 10.8 Å². The number of rotatable bonds is 8. The fraction of sp³-hybridized carbons (Fsp3) is 0.333. The maximum Gasteiger partial charge on any atom is 0.432 e. The van der Waals surface area contributed by atoms with Gasteiger partial charge < -0.3 is 14.2 Å². The highest BCUT2D eigenvalue weighted by molar-refractivity contribution is 5.66. The highest BCUT2D eigenvalue weighted by Crippen LogP contribution is 2.40. The molecule has 0 N–H and O–H groups in total. The molecule has 41 heavy (non-hydrogen) atoms. The van der Waals surface area contributed by atoms with Gasteiger partial charge in [-0.25, -0.2) is 35.1 Å². The lowest BCUT2D eigenvalue weighted by Crippen LogP contribution is -2.25. The van der Waals surface area contributed by atoms with Crippen LogP contribution in [0.3, 0.4) is 0 Å². The van der Waals surface area contributed by atoms with Crippen LogP contribution in [0.5, 0.6) is 11.5 Å². The topological polar surface area (TPSA) is 27.7 Å². The van der Waals surface area contributed by atoms with Gasteiger partial charge in [-0.3, -0.25) is 0 Å². The molecular formula is C27H19F11O3. The summed E-state index contributed by atoms with van der Waals surface area (Å²) in [6, 6.07) is 2.17. The van der Waals surface area contributed by atoms with Crippen LogP contribution in [0.4, 0.5) is 48.3 Å². The van der Waals surface area contributed by atoms with Gasteiger partial charge >= 0.3 is 12.5 Å². The Morgan fingerprint density at radius 2 is 1.34 bits per heavy atom. The summed E-state index contributed by atoms with van der Waals surface area (Å²) < 4.78 is 168. The van der Waals surface area contributed by atoms with Crippen molar-refractivity contribution in [3.05, 3.63) is 82.4 Å². The summed E-state index contributed by atoms with van der Waals surface area (Å²) in [5.41, 5.74) is -3.63. The van der Waals surface area contributed by atoms with E-state index in [4.69, 9.17) is 4.74 Å². The van der Waals surface area contributed by atoms with Crippen LogP contribution in [0.1, 0.15) is 37.0 Å². The van der Waals surface area contributed by atoms with Crippen LogP contribution >= 0.6 is 0 Å². The third-order valence-corrected chi connectivity index (χ3v) is 6.21. The number of halogens is 11. The van der Waals surface area contributed by atoms with Crippen molar-refractivity contribution in [1.29, 1.82) is 0 Å². The van der Waals surface area contributed by atoms with Crippen molar-refractivity contribution >= 4 is 0 Å². The molecule has 3 unspecified atom stereocenters. The van der Waals surface area contributed by atoms with E-state index in [2.05, 4.69) is 9.47 Å². The first-order chi connectivity index (χ1) is 19.2. The summed E-state index contributed by atoms with van der Waals surface area (Å²) in [4.78, 5) is 0. The fourth-order valence-corrected chi connectivity index (χ4v) is 4.27. The van der Waals surface area contributed by atoms with Gasteiger partial charge in [0.25, 0.3) is 6.36 Å². The van der Waals surface area contributed by atoms with Gasteiger partial charge in [-0.2, -0.15) is 13.2 Å². The van der Waals surface area contributed by atoms with Gasteiger partial charge in [0.1, 0.15) is 34.6 Å². The summed E-state index contributed by atoms with van der Waals surface area (Å²) in [5.74, 6) is -13.3. The van der Waals surface area contributed by atoms with Crippen molar-refractivity contribution in [2.45, 2.75) is 44.8 Å². The Labute approximate surface area is 225 Å². The van der Waals surface area contributed by atoms with Crippen LogP contribution < -0.4 is 9.47 Å². The van der Waals surface area contributed by atoms with Crippen molar-refractivity contribution in [3.63, 3.8) is 0 Å². The van der Waals surface area contributed by atoms with Crippen LogP contribution in [0.2, 0.25) is 0 Å². The molecule has 0 aromatic heterocycles. The molecule has 0 bridgehead atoms. The molecule has 1 aliphatic heterocycles. The minimum Gasteiger partial charge on any atom is -0.448 e. The molecule has 0 radical (unpaired) electrons. The molecule has 3 aromatic carbocycles. The highest BCUT2D eigenvalue weighted by Gasteiger charge is 2.42. The van der Waals surface area contributed by atoms with Crippen LogP contribution in [0.25, 0.3) is 11.1 Å². The second-order valence-electron chi connectivity index (χ2n) is 9.32. The zero-order chi connectivity index (χ0) is 30.2. The monoisotopic (exact) mass is 600 g/mol. The van der Waals surface area contributed by atoms with Crippen molar-refractivity contribution < 1.29 is 62.5 Å².